The predicted octanol–water partition coefficient (Wildman–Crippen LogP) is 0.696. The highest BCUT2D eigenvalue weighted by molar-refractivity contribution is 5.85. The predicted molar refractivity (Wildman–Crippen MR) is 41.8 cm³/mol. The zero-order chi connectivity index (χ0) is 5.15. The molecule has 0 aliphatic rings. The Hall–Kier alpha value is 0.500. The van der Waals surface area contributed by atoms with Crippen molar-refractivity contribution in [1.29, 1.82) is 0 Å². The molecule has 54 valence electrons. The van der Waals surface area contributed by atoms with Crippen molar-refractivity contribution in [3.63, 3.8) is 0 Å². The normalized spacial score (nSPS) is 11.6. The van der Waals surface area contributed by atoms with Gasteiger partial charge in [-0.25, -0.2) is 0 Å². The average Bonchev–Trinajstić information content (AvgIpc) is 1.36. The lowest BCUT2D eigenvalue weighted by molar-refractivity contribution is 0.322. The SMILES string of the molecule is CC(N)N(C)C.Cl.Cl. The lowest BCUT2D eigenvalue weighted by atomic mass is 10.6. The molecule has 1 atom stereocenters. The molecule has 2 nitrogen and oxygen atoms in total. The van der Waals surface area contributed by atoms with E-state index in [-0.39, 0.29) is 31.0 Å². The number of nitrogens with zero attached hydrogens (tertiary/aromatic N) is 1. The van der Waals surface area contributed by atoms with Gasteiger partial charge in [-0.1, -0.05) is 0 Å². The molecule has 0 saturated carbocycles. The van der Waals surface area contributed by atoms with Crippen LogP contribution in [0.5, 0.6) is 0 Å². The number of nitrogens with two attached hydrogens (primary N) is 1. The Balaban J connectivity index is -0.000000125. The van der Waals surface area contributed by atoms with E-state index < -0.39 is 0 Å². The highest BCUT2D eigenvalue weighted by Crippen LogP contribution is 1.75. The second kappa shape index (κ2) is 7.50. The Kier molecular flexibility index (Phi) is 14.8. The van der Waals surface area contributed by atoms with Crippen molar-refractivity contribution in [3.05, 3.63) is 0 Å². The molecule has 0 saturated heterocycles. The summed E-state index contributed by atoms with van der Waals surface area (Å²) in [7, 11) is 3.90. The molecule has 0 aliphatic heterocycles. The Morgan fingerprint density at radius 2 is 1.38 bits per heavy atom. The summed E-state index contributed by atoms with van der Waals surface area (Å²) in [5, 5.41) is 0. The second-order valence-electron chi connectivity index (χ2n) is 1.70. The van der Waals surface area contributed by atoms with Crippen LogP contribution in [0, 0.1) is 0 Å². The third-order valence-electron chi connectivity index (χ3n) is 0.815. The van der Waals surface area contributed by atoms with Gasteiger partial charge in [-0.15, -0.1) is 24.8 Å². The summed E-state index contributed by atoms with van der Waals surface area (Å²) in [6.45, 7) is 1.94. The van der Waals surface area contributed by atoms with Gasteiger partial charge >= 0.3 is 0 Å². The molecule has 0 aromatic rings. The summed E-state index contributed by atoms with van der Waals surface area (Å²) in [5.74, 6) is 0. The highest BCUT2D eigenvalue weighted by atomic mass is 35.5. The quantitative estimate of drug-likeness (QED) is 0.573. The largest absolute Gasteiger partial charge is 0.316 e. The smallest absolute Gasteiger partial charge is 0.0537 e. The van der Waals surface area contributed by atoms with E-state index >= 15 is 0 Å². The third-order valence-corrected chi connectivity index (χ3v) is 0.815. The van der Waals surface area contributed by atoms with E-state index in [0.717, 1.165) is 0 Å². The minimum atomic E-state index is 0. The van der Waals surface area contributed by atoms with Crippen LogP contribution in [0.15, 0.2) is 0 Å². The van der Waals surface area contributed by atoms with Crippen LogP contribution in [-0.2, 0) is 0 Å². The molecule has 8 heavy (non-hydrogen) atoms. The number of hydrogen-bond acceptors (Lipinski definition) is 2. The molecule has 0 spiro atoms. The van der Waals surface area contributed by atoms with Crippen LogP contribution in [0.3, 0.4) is 0 Å². The van der Waals surface area contributed by atoms with Crippen LogP contribution in [0.2, 0.25) is 0 Å². The van der Waals surface area contributed by atoms with Gasteiger partial charge in [0, 0.05) is 0 Å². The van der Waals surface area contributed by atoms with Crippen molar-refractivity contribution in [2.75, 3.05) is 14.1 Å². The summed E-state index contributed by atoms with van der Waals surface area (Å²) >= 11 is 0. The summed E-state index contributed by atoms with van der Waals surface area (Å²) in [6.07, 6.45) is 0.185. The monoisotopic (exact) mass is 160 g/mol. The Bertz CT molecular complexity index is 33.0. The van der Waals surface area contributed by atoms with Gasteiger partial charge in [0.15, 0.2) is 0 Å². The van der Waals surface area contributed by atoms with E-state index in [1.165, 1.54) is 0 Å². The fourth-order valence-electron chi connectivity index (χ4n) is 0. The lowest BCUT2D eigenvalue weighted by Gasteiger charge is -2.12. The van der Waals surface area contributed by atoms with Crippen molar-refractivity contribution >= 4 is 24.8 Å². The van der Waals surface area contributed by atoms with Crippen molar-refractivity contribution < 1.29 is 0 Å². The molecule has 0 rings (SSSR count). The summed E-state index contributed by atoms with van der Waals surface area (Å²) in [6, 6.07) is 0. The van der Waals surface area contributed by atoms with Gasteiger partial charge in [0.05, 0.1) is 6.17 Å². The van der Waals surface area contributed by atoms with Gasteiger partial charge in [-0.3, -0.25) is 4.90 Å². The molecule has 0 radical (unpaired) electrons. The van der Waals surface area contributed by atoms with Crippen LogP contribution in [0.4, 0.5) is 0 Å². The third kappa shape index (κ3) is 9.71. The van der Waals surface area contributed by atoms with Crippen LogP contribution in [-0.4, -0.2) is 25.2 Å². The number of halogens is 2. The van der Waals surface area contributed by atoms with Gasteiger partial charge in [-0.2, -0.15) is 0 Å². The van der Waals surface area contributed by atoms with Crippen LogP contribution >= 0.6 is 24.8 Å². The zero-order valence-electron chi connectivity index (χ0n) is 5.42. The van der Waals surface area contributed by atoms with E-state index in [2.05, 4.69) is 0 Å². The van der Waals surface area contributed by atoms with Gasteiger partial charge in [0.1, 0.15) is 0 Å². The van der Waals surface area contributed by atoms with Crippen LogP contribution in [0.1, 0.15) is 6.92 Å². The van der Waals surface area contributed by atoms with Crippen LogP contribution < -0.4 is 5.73 Å². The fraction of sp³-hybridized carbons (Fsp3) is 1.00. The zero-order valence-corrected chi connectivity index (χ0v) is 7.05. The molecule has 0 aromatic heterocycles. The topological polar surface area (TPSA) is 29.3 Å². The Morgan fingerprint density at radius 3 is 1.38 bits per heavy atom. The molecule has 0 aliphatic carbocycles. The molecule has 1 unspecified atom stereocenters. The lowest BCUT2D eigenvalue weighted by Crippen LogP contribution is -2.32. The number of hydrogen-bond donors (Lipinski definition) is 1. The minimum absolute atomic E-state index is 0. The molecule has 0 bridgehead atoms. The maximum Gasteiger partial charge on any atom is 0.0537 e. The van der Waals surface area contributed by atoms with Gasteiger partial charge in [0.2, 0.25) is 0 Å². The van der Waals surface area contributed by atoms with Crippen molar-refractivity contribution in [2.24, 2.45) is 5.73 Å². The van der Waals surface area contributed by atoms with Gasteiger partial charge in [-0.05, 0) is 21.0 Å². The maximum atomic E-state index is 5.36. The van der Waals surface area contributed by atoms with Crippen molar-refractivity contribution in [3.8, 4) is 0 Å². The molecule has 0 fully saturated rings. The van der Waals surface area contributed by atoms with E-state index in [4.69, 9.17) is 5.73 Å². The first-order chi connectivity index (χ1) is 2.64. The molecule has 0 heterocycles. The molecule has 0 aromatic carbocycles. The molecular weight excluding hydrogens is 147 g/mol. The van der Waals surface area contributed by atoms with Crippen molar-refractivity contribution in [1.82, 2.24) is 4.90 Å². The first kappa shape index (κ1) is 15.8. The second-order valence-corrected chi connectivity index (χ2v) is 1.70. The van der Waals surface area contributed by atoms with Gasteiger partial charge < -0.3 is 5.73 Å². The highest BCUT2D eigenvalue weighted by Gasteiger charge is 1.90. The number of rotatable bonds is 1. The maximum absolute atomic E-state index is 5.36. The molecule has 0 amide bonds. The Labute approximate surface area is 63.2 Å². The van der Waals surface area contributed by atoms with Crippen molar-refractivity contribution in [2.45, 2.75) is 13.1 Å². The van der Waals surface area contributed by atoms with E-state index in [1.807, 2.05) is 25.9 Å². The molecule has 2 N–H and O–H groups in total. The van der Waals surface area contributed by atoms with Crippen LogP contribution in [0.25, 0.3) is 0 Å². The standard InChI is InChI=1S/C4H12N2.2ClH/c1-4(5)6(2)3;;/h4H,5H2,1-3H3;2*1H. The molecular formula is C4H14Cl2N2. The minimum Gasteiger partial charge on any atom is -0.316 e. The first-order valence-electron chi connectivity index (χ1n) is 2.06. The fourth-order valence-corrected chi connectivity index (χ4v) is 0. The van der Waals surface area contributed by atoms with E-state index in [0.29, 0.717) is 0 Å². The summed E-state index contributed by atoms with van der Waals surface area (Å²) < 4.78 is 0. The first-order valence-corrected chi connectivity index (χ1v) is 2.06. The van der Waals surface area contributed by atoms with E-state index in [9.17, 15) is 0 Å². The molecule has 4 heteroatoms. The average molecular weight is 161 g/mol. The summed E-state index contributed by atoms with van der Waals surface area (Å²) in [5.41, 5.74) is 5.36. The Morgan fingerprint density at radius 1 is 1.25 bits per heavy atom. The summed E-state index contributed by atoms with van der Waals surface area (Å²) in [4.78, 5) is 1.94. The van der Waals surface area contributed by atoms with E-state index in [1.54, 1.807) is 0 Å². The van der Waals surface area contributed by atoms with Gasteiger partial charge in [0.25, 0.3) is 0 Å².